The second-order valence-corrected chi connectivity index (χ2v) is 8.08. The first-order valence-electron chi connectivity index (χ1n) is 8.33. The van der Waals surface area contributed by atoms with Crippen LogP contribution < -0.4 is 4.72 Å². The van der Waals surface area contributed by atoms with E-state index in [0.717, 1.165) is 10.8 Å². The van der Waals surface area contributed by atoms with Gasteiger partial charge in [0.2, 0.25) is 10.0 Å². The third kappa shape index (κ3) is 5.07. The standard InChI is InChI=1S/C20H18ClNO4S/c21-19-8-4-3-7-17(19)14-26-20(23)11-12-22-27(24,25)18-10-9-15-5-1-2-6-16(15)13-18/h1-10,13,22H,11-12,14H2. The molecule has 7 heteroatoms. The van der Waals surface area contributed by atoms with Crippen LogP contribution in [0.1, 0.15) is 12.0 Å². The van der Waals surface area contributed by atoms with Gasteiger partial charge < -0.3 is 4.74 Å². The summed E-state index contributed by atoms with van der Waals surface area (Å²) in [5.74, 6) is -0.504. The van der Waals surface area contributed by atoms with E-state index in [0.29, 0.717) is 10.6 Å². The number of rotatable bonds is 7. The molecule has 0 heterocycles. The molecule has 0 aliphatic heterocycles. The number of sulfonamides is 1. The van der Waals surface area contributed by atoms with Crippen molar-refractivity contribution in [3.05, 3.63) is 77.3 Å². The average molecular weight is 404 g/mol. The molecule has 140 valence electrons. The summed E-state index contributed by atoms with van der Waals surface area (Å²) in [5, 5.41) is 2.31. The summed E-state index contributed by atoms with van der Waals surface area (Å²) in [6, 6.07) is 19.5. The molecule has 1 N–H and O–H groups in total. The molecule has 0 saturated carbocycles. The highest BCUT2D eigenvalue weighted by Gasteiger charge is 2.15. The molecule has 0 radical (unpaired) electrons. The van der Waals surface area contributed by atoms with Gasteiger partial charge in [-0.1, -0.05) is 60.1 Å². The van der Waals surface area contributed by atoms with E-state index in [1.807, 2.05) is 24.3 Å². The van der Waals surface area contributed by atoms with Crippen LogP contribution in [0.5, 0.6) is 0 Å². The molecule has 3 aromatic carbocycles. The largest absolute Gasteiger partial charge is 0.461 e. The number of carbonyl (C=O) groups excluding carboxylic acids is 1. The Bertz CT molecular complexity index is 1070. The molecule has 0 aliphatic carbocycles. The van der Waals surface area contributed by atoms with Crippen LogP contribution in [0, 0.1) is 0 Å². The van der Waals surface area contributed by atoms with Crippen molar-refractivity contribution in [1.29, 1.82) is 0 Å². The van der Waals surface area contributed by atoms with Crippen LogP contribution >= 0.6 is 11.6 Å². The quantitative estimate of drug-likeness (QED) is 0.607. The van der Waals surface area contributed by atoms with E-state index in [1.165, 1.54) is 0 Å². The van der Waals surface area contributed by atoms with Gasteiger partial charge in [0, 0.05) is 17.1 Å². The first-order valence-corrected chi connectivity index (χ1v) is 10.2. The van der Waals surface area contributed by atoms with Gasteiger partial charge in [0.1, 0.15) is 6.61 Å². The summed E-state index contributed by atoms with van der Waals surface area (Å²) in [5.41, 5.74) is 0.698. The number of nitrogens with one attached hydrogen (secondary N) is 1. The number of hydrogen-bond donors (Lipinski definition) is 1. The van der Waals surface area contributed by atoms with Crippen molar-refractivity contribution < 1.29 is 17.9 Å². The molecule has 0 spiro atoms. The van der Waals surface area contributed by atoms with E-state index in [2.05, 4.69) is 4.72 Å². The fourth-order valence-corrected chi connectivity index (χ4v) is 3.81. The van der Waals surface area contributed by atoms with Crippen molar-refractivity contribution in [2.24, 2.45) is 0 Å². The maximum atomic E-state index is 12.4. The lowest BCUT2D eigenvalue weighted by Crippen LogP contribution is -2.26. The van der Waals surface area contributed by atoms with Gasteiger partial charge >= 0.3 is 5.97 Å². The van der Waals surface area contributed by atoms with Crippen molar-refractivity contribution in [2.45, 2.75) is 17.9 Å². The molecule has 0 unspecified atom stereocenters. The van der Waals surface area contributed by atoms with Gasteiger partial charge in [-0.3, -0.25) is 4.79 Å². The van der Waals surface area contributed by atoms with Gasteiger partial charge in [-0.2, -0.15) is 0 Å². The van der Waals surface area contributed by atoms with Gasteiger partial charge in [-0.05, 0) is 29.0 Å². The minimum Gasteiger partial charge on any atom is -0.461 e. The normalized spacial score (nSPS) is 11.4. The number of hydrogen-bond acceptors (Lipinski definition) is 4. The molecule has 0 fully saturated rings. The van der Waals surface area contributed by atoms with Crippen LogP contribution in [-0.4, -0.2) is 20.9 Å². The van der Waals surface area contributed by atoms with E-state index in [1.54, 1.807) is 42.5 Å². The molecule has 0 bridgehead atoms. The van der Waals surface area contributed by atoms with Crippen molar-refractivity contribution in [2.75, 3.05) is 6.54 Å². The number of ether oxygens (including phenoxy) is 1. The smallest absolute Gasteiger partial charge is 0.307 e. The van der Waals surface area contributed by atoms with Gasteiger partial charge in [-0.15, -0.1) is 0 Å². The zero-order chi connectivity index (χ0) is 19.3. The molecule has 5 nitrogen and oxygen atoms in total. The summed E-state index contributed by atoms with van der Waals surface area (Å²) < 4.78 is 32.4. The molecule has 0 atom stereocenters. The number of benzene rings is 3. The summed E-state index contributed by atoms with van der Waals surface area (Å²) in [6.07, 6.45) is -0.0722. The molecule has 27 heavy (non-hydrogen) atoms. The zero-order valence-electron chi connectivity index (χ0n) is 14.4. The Hall–Kier alpha value is -2.41. The fourth-order valence-electron chi connectivity index (χ4n) is 2.55. The van der Waals surface area contributed by atoms with E-state index >= 15 is 0 Å². The first kappa shape index (κ1) is 19.4. The zero-order valence-corrected chi connectivity index (χ0v) is 16.0. The third-order valence-corrected chi connectivity index (χ3v) is 5.83. The topological polar surface area (TPSA) is 72.5 Å². The first-order chi connectivity index (χ1) is 13.0. The Kier molecular flexibility index (Phi) is 6.11. The predicted octanol–water partition coefficient (Wildman–Crippen LogP) is 3.91. The maximum absolute atomic E-state index is 12.4. The number of carbonyl (C=O) groups is 1. The van der Waals surface area contributed by atoms with Crippen molar-refractivity contribution >= 4 is 38.4 Å². The summed E-state index contributed by atoms with van der Waals surface area (Å²) >= 11 is 6.00. The molecule has 0 amide bonds. The van der Waals surface area contributed by atoms with Gasteiger partial charge in [-0.25, -0.2) is 13.1 Å². The Morgan fingerprint density at radius 3 is 2.44 bits per heavy atom. The second-order valence-electron chi connectivity index (χ2n) is 5.91. The molecular weight excluding hydrogens is 386 g/mol. The Balaban J connectivity index is 1.53. The summed E-state index contributed by atoms with van der Waals surface area (Å²) in [6.45, 7) is 0.00640. The van der Waals surface area contributed by atoms with Crippen LogP contribution in [0.4, 0.5) is 0 Å². The minimum atomic E-state index is -3.70. The highest BCUT2D eigenvalue weighted by Crippen LogP contribution is 2.19. The lowest BCUT2D eigenvalue weighted by Gasteiger charge is -2.09. The Morgan fingerprint density at radius 2 is 1.67 bits per heavy atom. The van der Waals surface area contributed by atoms with E-state index in [-0.39, 0.29) is 24.5 Å². The molecule has 0 aromatic heterocycles. The van der Waals surface area contributed by atoms with Crippen molar-refractivity contribution in [1.82, 2.24) is 4.72 Å². The van der Waals surface area contributed by atoms with Gasteiger partial charge in [0.05, 0.1) is 11.3 Å². The van der Waals surface area contributed by atoms with Crippen LogP contribution in [0.25, 0.3) is 10.8 Å². The van der Waals surface area contributed by atoms with Crippen LogP contribution in [-0.2, 0) is 26.2 Å². The van der Waals surface area contributed by atoms with Crippen LogP contribution in [0.2, 0.25) is 5.02 Å². The van der Waals surface area contributed by atoms with E-state index in [4.69, 9.17) is 16.3 Å². The van der Waals surface area contributed by atoms with Crippen molar-refractivity contribution in [3.8, 4) is 0 Å². The van der Waals surface area contributed by atoms with Crippen LogP contribution in [0.3, 0.4) is 0 Å². The Morgan fingerprint density at radius 1 is 0.963 bits per heavy atom. The summed E-state index contributed by atoms with van der Waals surface area (Å²) in [7, 11) is -3.70. The molecule has 3 rings (SSSR count). The van der Waals surface area contributed by atoms with Crippen LogP contribution in [0.15, 0.2) is 71.6 Å². The molecule has 0 saturated heterocycles. The number of halogens is 1. The average Bonchev–Trinajstić information content (AvgIpc) is 2.67. The monoisotopic (exact) mass is 403 g/mol. The van der Waals surface area contributed by atoms with E-state index in [9.17, 15) is 13.2 Å². The second kappa shape index (κ2) is 8.52. The highest BCUT2D eigenvalue weighted by atomic mass is 35.5. The van der Waals surface area contributed by atoms with E-state index < -0.39 is 16.0 Å². The highest BCUT2D eigenvalue weighted by molar-refractivity contribution is 7.89. The fraction of sp³-hybridized carbons (Fsp3) is 0.150. The third-order valence-electron chi connectivity index (χ3n) is 4.00. The minimum absolute atomic E-state index is 0.0451. The maximum Gasteiger partial charge on any atom is 0.307 e. The SMILES string of the molecule is O=C(CCNS(=O)(=O)c1ccc2ccccc2c1)OCc1ccccc1Cl. The number of fused-ring (bicyclic) bond motifs is 1. The Labute approximate surface area is 163 Å². The predicted molar refractivity (Wildman–Crippen MR) is 105 cm³/mol. The molecule has 3 aromatic rings. The lowest BCUT2D eigenvalue weighted by molar-refractivity contribution is -0.144. The van der Waals surface area contributed by atoms with Gasteiger partial charge in [0.25, 0.3) is 0 Å². The van der Waals surface area contributed by atoms with Crippen molar-refractivity contribution in [3.63, 3.8) is 0 Å². The lowest BCUT2D eigenvalue weighted by atomic mass is 10.1. The summed E-state index contributed by atoms with van der Waals surface area (Å²) in [4.78, 5) is 12.0. The molecular formula is C20H18ClNO4S. The van der Waals surface area contributed by atoms with Gasteiger partial charge in [0.15, 0.2) is 0 Å². The number of esters is 1. The molecule has 0 aliphatic rings.